The third kappa shape index (κ3) is 3.16. The van der Waals surface area contributed by atoms with Crippen LogP contribution in [0.1, 0.15) is 19.3 Å². The number of hydrogen-bond acceptors (Lipinski definition) is 4. The molecule has 1 fully saturated rings. The molecule has 2 N–H and O–H groups in total. The van der Waals surface area contributed by atoms with Crippen LogP contribution in [0.4, 0.5) is 0 Å². The average molecular weight is 162 g/mol. The van der Waals surface area contributed by atoms with Crippen molar-refractivity contribution in [3.63, 3.8) is 0 Å². The van der Waals surface area contributed by atoms with Gasteiger partial charge in [-0.05, 0) is 6.42 Å². The topological polar surface area (TPSA) is 58.9 Å². The number of rotatable bonds is 4. The molecule has 0 aromatic carbocycles. The van der Waals surface area contributed by atoms with E-state index in [1.54, 1.807) is 0 Å². The van der Waals surface area contributed by atoms with Crippen molar-refractivity contribution in [2.45, 2.75) is 31.8 Å². The summed E-state index contributed by atoms with van der Waals surface area (Å²) in [5.41, 5.74) is 0. The summed E-state index contributed by atoms with van der Waals surface area (Å²) >= 11 is 0. The lowest BCUT2D eigenvalue weighted by Gasteiger charge is -2.15. The molecule has 0 aromatic heterocycles. The molecule has 0 aromatic rings. The maximum absolute atomic E-state index is 9.05. The largest absolute Gasteiger partial charge is 0.396 e. The van der Waals surface area contributed by atoms with Gasteiger partial charge in [0.05, 0.1) is 0 Å². The van der Waals surface area contributed by atoms with Crippen molar-refractivity contribution >= 4 is 0 Å². The normalized spacial score (nSPS) is 27.3. The standard InChI is InChI=1S/C7H14O4/c8-4-3-6(9)11-7-2-1-5-10-7/h6-9H,1-5H2/t6?,7-/m0/s1. The van der Waals surface area contributed by atoms with Gasteiger partial charge in [-0.3, -0.25) is 0 Å². The number of ether oxygens (including phenoxy) is 2. The first-order valence-electron chi connectivity index (χ1n) is 3.89. The van der Waals surface area contributed by atoms with E-state index in [0.29, 0.717) is 6.61 Å². The Labute approximate surface area is 65.7 Å². The molecule has 0 amide bonds. The monoisotopic (exact) mass is 162 g/mol. The lowest BCUT2D eigenvalue weighted by atomic mass is 10.3. The van der Waals surface area contributed by atoms with Crippen LogP contribution in [0.3, 0.4) is 0 Å². The van der Waals surface area contributed by atoms with Gasteiger partial charge < -0.3 is 19.7 Å². The summed E-state index contributed by atoms with van der Waals surface area (Å²) in [4.78, 5) is 0. The molecule has 1 heterocycles. The summed E-state index contributed by atoms with van der Waals surface area (Å²) in [5.74, 6) is 0. The Morgan fingerprint density at radius 2 is 2.45 bits per heavy atom. The van der Waals surface area contributed by atoms with Crippen LogP contribution < -0.4 is 0 Å². The van der Waals surface area contributed by atoms with Gasteiger partial charge in [0.2, 0.25) is 0 Å². The van der Waals surface area contributed by atoms with Crippen LogP contribution in [0.5, 0.6) is 0 Å². The van der Waals surface area contributed by atoms with Crippen LogP contribution in [0.2, 0.25) is 0 Å². The Balaban J connectivity index is 2.08. The van der Waals surface area contributed by atoms with Crippen LogP contribution in [-0.4, -0.2) is 36.0 Å². The minimum Gasteiger partial charge on any atom is -0.396 e. The minimum absolute atomic E-state index is 0.0616. The third-order valence-corrected chi connectivity index (χ3v) is 1.57. The Morgan fingerprint density at radius 3 is 3.00 bits per heavy atom. The SMILES string of the molecule is OCCC(O)O[C@H]1CCCO1. The van der Waals surface area contributed by atoms with Gasteiger partial charge in [-0.2, -0.15) is 0 Å². The number of hydrogen-bond donors (Lipinski definition) is 2. The zero-order chi connectivity index (χ0) is 8.10. The molecule has 4 heteroatoms. The molecule has 0 bridgehead atoms. The molecule has 1 aliphatic rings. The van der Waals surface area contributed by atoms with Crippen LogP contribution in [-0.2, 0) is 9.47 Å². The molecule has 0 aliphatic carbocycles. The van der Waals surface area contributed by atoms with E-state index in [2.05, 4.69) is 0 Å². The zero-order valence-electron chi connectivity index (χ0n) is 6.40. The molecule has 1 saturated heterocycles. The molecule has 0 radical (unpaired) electrons. The zero-order valence-corrected chi connectivity index (χ0v) is 6.40. The van der Waals surface area contributed by atoms with E-state index in [1.807, 2.05) is 0 Å². The molecule has 66 valence electrons. The Morgan fingerprint density at radius 1 is 1.64 bits per heavy atom. The van der Waals surface area contributed by atoms with E-state index >= 15 is 0 Å². The molecular formula is C7H14O4. The fourth-order valence-electron chi connectivity index (χ4n) is 1.01. The molecule has 1 unspecified atom stereocenters. The molecule has 11 heavy (non-hydrogen) atoms. The first-order chi connectivity index (χ1) is 5.33. The van der Waals surface area contributed by atoms with Gasteiger partial charge in [0, 0.05) is 26.1 Å². The second kappa shape index (κ2) is 4.66. The average Bonchev–Trinajstić information content (AvgIpc) is 2.40. The molecule has 2 atom stereocenters. The van der Waals surface area contributed by atoms with Gasteiger partial charge in [-0.15, -0.1) is 0 Å². The van der Waals surface area contributed by atoms with Crippen molar-refractivity contribution in [1.29, 1.82) is 0 Å². The van der Waals surface area contributed by atoms with Crippen LogP contribution >= 0.6 is 0 Å². The molecule has 4 nitrogen and oxygen atoms in total. The van der Waals surface area contributed by atoms with E-state index in [9.17, 15) is 0 Å². The maximum Gasteiger partial charge on any atom is 0.160 e. The predicted molar refractivity (Wildman–Crippen MR) is 37.8 cm³/mol. The van der Waals surface area contributed by atoms with Crippen molar-refractivity contribution in [1.82, 2.24) is 0 Å². The minimum atomic E-state index is -0.886. The van der Waals surface area contributed by atoms with Gasteiger partial charge in [0.1, 0.15) is 0 Å². The summed E-state index contributed by atoms with van der Waals surface area (Å²) < 4.78 is 10.1. The highest BCUT2D eigenvalue weighted by molar-refractivity contribution is 4.55. The first kappa shape index (κ1) is 8.93. The van der Waals surface area contributed by atoms with Crippen molar-refractivity contribution in [3.05, 3.63) is 0 Å². The maximum atomic E-state index is 9.05. The van der Waals surface area contributed by atoms with Crippen molar-refractivity contribution in [2.24, 2.45) is 0 Å². The van der Waals surface area contributed by atoms with Gasteiger partial charge in [-0.25, -0.2) is 0 Å². The van der Waals surface area contributed by atoms with Crippen LogP contribution in [0.25, 0.3) is 0 Å². The smallest absolute Gasteiger partial charge is 0.160 e. The molecule has 0 saturated carbocycles. The first-order valence-corrected chi connectivity index (χ1v) is 3.89. The second-order valence-corrected chi connectivity index (χ2v) is 2.55. The second-order valence-electron chi connectivity index (χ2n) is 2.55. The quantitative estimate of drug-likeness (QED) is 0.564. The lowest BCUT2D eigenvalue weighted by molar-refractivity contribution is -0.214. The summed E-state index contributed by atoms with van der Waals surface area (Å²) in [7, 11) is 0. The summed E-state index contributed by atoms with van der Waals surface area (Å²) in [5, 5.41) is 17.5. The van der Waals surface area contributed by atoms with Gasteiger partial charge >= 0.3 is 0 Å². The Hall–Kier alpha value is -0.160. The van der Waals surface area contributed by atoms with Gasteiger partial charge in [0.15, 0.2) is 12.6 Å². The van der Waals surface area contributed by atoms with E-state index in [1.165, 1.54) is 0 Å². The fourth-order valence-corrected chi connectivity index (χ4v) is 1.01. The van der Waals surface area contributed by atoms with Gasteiger partial charge in [-0.1, -0.05) is 0 Å². The highest BCUT2D eigenvalue weighted by Gasteiger charge is 2.18. The number of aliphatic hydroxyl groups is 2. The van der Waals surface area contributed by atoms with E-state index in [4.69, 9.17) is 19.7 Å². The lowest BCUT2D eigenvalue weighted by Crippen LogP contribution is -2.21. The van der Waals surface area contributed by atoms with Crippen molar-refractivity contribution in [2.75, 3.05) is 13.2 Å². The fraction of sp³-hybridized carbons (Fsp3) is 1.00. The summed E-state index contributed by atoms with van der Waals surface area (Å²) in [6.07, 6.45) is 0.915. The molecule has 1 rings (SSSR count). The predicted octanol–water partition coefficient (Wildman–Crippen LogP) is -0.160. The van der Waals surface area contributed by atoms with E-state index < -0.39 is 6.29 Å². The molecule has 0 spiro atoms. The van der Waals surface area contributed by atoms with Crippen LogP contribution in [0.15, 0.2) is 0 Å². The highest BCUT2D eigenvalue weighted by atomic mass is 16.7. The van der Waals surface area contributed by atoms with E-state index in [-0.39, 0.29) is 19.3 Å². The Bertz CT molecular complexity index is 101. The number of aliphatic hydroxyl groups excluding tert-OH is 2. The highest BCUT2D eigenvalue weighted by Crippen LogP contribution is 2.14. The van der Waals surface area contributed by atoms with E-state index in [0.717, 1.165) is 12.8 Å². The molecule has 1 aliphatic heterocycles. The third-order valence-electron chi connectivity index (χ3n) is 1.57. The Kier molecular flexibility index (Phi) is 3.79. The summed E-state index contributed by atoms with van der Waals surface area (Å²) in [6, 6.07) is 0. The summed E-state index contributed by atoms with van der Waals surface area (Å²) in [6.45, 7) is 0.643. The van der Waals surface area contributed by atoms with Crippen LogP contribution in [0, 0.1) is 0 Å². The molecular weight excluding hydrogens is 148 g/mol. The van der Waals surface area contributed by atoms with Crippen molar-refractivity contribution < 1.29 is 19.7 Å². The van der Waals surface area contributed by atoms with Gasteiger partial charge in [0.25, 0.3) is 0 Å². The van der Waals surface area contributed by atoms with Crippen molar-refractivity contribution in [3.8, 4) is 0 Å².